The lowest BCUT2D eigenvalue weighted by molar-refractivity contribution is -0.186. The summed E-state index contributed by atoms with van der Waals surface area (Å²) in [6, 6.07) is 0. The van der Waals surface area contributed by atoms with Crippen molar-refractivity contribution < 1.29 is 27.8 Å². The predicted molar refractivity (Wildman–Crippen MR) is 67.0 cm³/mol. The summed E-state index contributed by atoms with van der Waals surface area (Å²) in [5, 5.41) is 12.0. The molecular weight excluding hydrogens is 275 g/mol. The Kier molecular flexibility index (Phi) is 6.75. The number of carbonyl (C=O) groups is 1. The Labute approximate surface area is 116 Å². The maximum absolute atomic E-state index is 12.6. The van der Waals surface area contributed by atoms with E-state index < -0.39 is 24.1 Å². The molecule has 3 unspecified atom stereocenters. The van der Waals surface area contributed by atoms with Crippen molar-refractivity contribution in [3.63, 3.8) is 0 Å². The van der Waals surface area contributed by atoms with E-state index in [2.05, 4.69) is 5.32 Å². The molecule has 0 spiro atoms. The van der Waals surface area contributed by atoms with E-state index in [9.17, 15) is 23.1 Å². The van der Waals surface area contributed by atoms with Gasteiger partial charge in [-0.1, -0.05) is 6.42 Å². The number of carbonyl (C=O) groups excluding carboxylic acids is 1. The summed E-state index contributed by atoms with van der Waals surface area (Å²) in [5.41, 5.74) is 0. The van der Waals surface area contributed by atoms with Crippen molar-refractivity contribution in [1.82, 2.24) is 5.32 Å². The monoisotopic (exact) mass is 297 g/mol. The van der Waals surface area contributed by atoms with Gasteiger partial charge in [0.05, 0.1) is 18.6 Å². The number of methoxy groups -OCH3 is 1. The first-order valence-electron chi connectivity index (χ1n) is 6.86. The zero-order valence-electron chi connectivity index (χ0n) is 11.6. The summed E-state index contributed by atoms with van der Waals surface area (Å²) in [6.07, 6.45) is -3.65. The Morgan fingerprint density at radius 3 is 2.75 bits per heavy atom. The van der Waals surface area contributed by atoms with Gasteiger partial charge in [-0.15, -0.1) is 0 Å². The van der Waals surface area contributed by atoms with Crippen molar-refractivity contribution in [2.24, 2.45) is 11.8 Å². The van der Waals surface area contributed by atoms with Crippen LogP contribution in [0.4, 0.5) is 13.2 Å². The van der Waals surface area contributed by atoms with Gasteiger partial charge in [0, 0.05) is 19.6 Å². The summed E-state index contributed by atoms with van der Waals surface area (Å²) < 4.78 is 42.7. The van der Waals surface area contributed by atoms with Gasteiger partial charge in [0.25, 0.3) is 0 Å². The third kappa shape index (κ3) is 5.66. The van der Waals surface area contributed by atoms with Gasteiger partial charge >= 0.3 is 6.18 Å². The highest BCUT2D eigenvalue weighted by molar-refractivity contribution is 5.78. The summed E-state index contributed by atoms with van der Waals surface area (Å²) in [7, 11) is 1.46. The Morgan fingerprint density at radius 2 is 2.15 bits per heavy atom. The van der Waals surface area contributed by atoms with Crippen molar-refractivity contribution in [2.75, 3.05) is 20.3 Å². The van der Waals surface area contributed by atoms with E-state index in [1.165, 1.54) is 7.11 Å². The van der Waals surface area contributed by atoms with Crippen LogP contribution in [0.25, 0.3) is 0 Å². The molecular formula is C13H22F3NO3. The van der Waals surface area contributed by atoms with Crippen molar-refractivity contribution in [2.45, 2.75) is 44.4 Å². The molecule has 0 aliphatic heterocycles. The second kappa shape index (κ2) is 7.83. The maximum Gasteiger partial charge on any atom is 0.391 e. The first kappa shape index (κ1) is 17.2. The van der Waals surface area contributed by atoms with Gasteiger partial charge in [-0.2, -0.15) is 13.2 Å². The minimum absolute atomic E-state index is 0.111. The molecule has 1 fully saturated rings. The number of halogens is 3. The Bertz CT molecular complexity index is 310. The number of amides is 1. The van der Waals surface area contributed by atoms with Crippen LogP contribution in [0.3, 0.4) is 0 Å². The number of aliphatic hydroxyl groups excluding tert-OH is 1. The number of hydrogen-bond acceptors (Lipinski definition) is 3. The Morgan fingerprint density at radius 1 is 1.45 bits per heavy atom. The van der Waals surface area contributed by atoms with Gasteiger partial charge in [-0.3, -0.25) is 4.79 Å². The summed E-state index contributed by atoms with van der Waals surface area (Å²) >= 11 is 0. The molecule has 0 aromatic carbocycles. The first-order valence-corrected chi connectivity index (χ1v) is 6.86. The molecule has 118 valence electrons. The molecule has 0 bridgehead atoms. The minimum Gasteiger partial charge on any atom is -0.391 e. The average molecular weight is 297 g/mol. The second-order valence-electron chi connectivity index (χ2n) is 5.29. The third-order valence-electron chi connectivity index (χ3n) is 3.64. The van der Waals surface area contributed by atoms with Gasteiger partial charge in [0.2, 0.25) is 5.91 Å². The van der Waals surface area contributed by atoms with E-state index in [0.29, 0.717) is 19.3 Å². The first-order chi connectivity index (χ1) is 9.34. The lowest BCUT2D eigenvalue weighted by Crippen LogP contribution is -2.38. The molecule has 2 N–H and O–H groups in total. The fraction of sp³-hybridized carbons (Fsp3) is 0.923. The SMILES string of the molecule is COCC(O)CCNC(=O)C1CCCC(C(F)(F)F)C1. The van der Waals surface area contributed by atoms with Gasteiger partial charge < -0.3 is 15.2 Å². The Balaban J connectivity index is 2.32. The van der Waals surface area contributed by atoms with Crippen molar-refractivity contribution in [3.8, 4) is 0 Å². The lowest BCUT2D eigenvalue weighted by Gasteiger charge is -2.29. The largest absolute Gasteiger partial charge is 0.391 e. The number of nitrogens with one attached hydrogen (secondary N) is 1. The molecule has 1 aliphatic rings. The van der Waals surface area contributed by atoms with Crippen LogP contribution < -0.4 is 5.32 Å². The van der Waals surface area contributed by atoms with E-state index >= 15 is 0 Å². The molecule has 0 heterocycles. The van der Waals surface area contributed by atoms with E-state index in [0.717, 1.165) is 0 Å². The smallest absolute Gasteiger partial charge is 0.391 e. The number of alkyl halides is 3. The highest BCUT2D eigenvalue weighted by Gasteiger charge is 2.43. The second-order valence-corrected chi connectivity index (χ2v) is 5.29. The van der Waals surface area contributed by atoms with Crippen LogP contribution in [0.15, 0.2) is 0 Å². The zero-order chi connectivity index (χ0) is 15.2. The molecule has 4 nitrogen and oxygen atoms in total. The average Bonchev–Trinajstić information content (AvgIpc) is 2.38. The molecule has 0 radical (unpaired) electrons. The normalized spacial score (nSPS) is 25.2. The predicted octanol–water partition coefficient (Wildman–Crippen LogP) is 1.87. The summed E-state index contributed by atoms with van der Waals surface area (Å²) in [4.78, 5) is 11.8. The van der Waals surface area contributed by atoms with Crippen molar-refractivity contribution in [3.05, 3.63) is 0 Å². The van der Waals surface area contributed by atoms with Crippen LogP contribution in [0, 0.1) is 11.8 Å². The van der Waals surface area contributed by atoms with Gasteiger partial charge in [-0.25, -0.2) is 0 Å². The molecule has 20 heavy (non-hydrogen) atoms. The number of ether oxygens (including phenoxy) is 1. The van der Waals surface area contributed by atoms with Crippen molar-refractivity contribution in [1.29, 1.82) is 0 Å². The molecule has 1 aliphatic carbocycles. The maximum atomic E-state index is 12.6. The van der Waals surface area contributed by atoms with Gasteiger partial charge in [0.1, 0.15) is 0 Å². The molecule has 1 amide bonds. The fourth-order valence-corrected chi connectivity index (χ4v) is 2.51. The fourth-order valence-electron chi connectivity index (χ4n) is 2.51. The van der Waals surface area contributed by atoms with Crippen LogP contribution in [0.2, 0.25) is 0 Å². The number of aliphatic hydroxyl groups is 1. The van der Waals surface area contributed by atoms with Crippen LogP contribution in [0.5, 0.6) is 0 Å². The van der Waals surface area contributed by atoms with Gasteiger partial charge in [0.15, 0.2) is 0 Å². The summed E-state index contributed by atoms with van der Waals surface area (Å²) in [6.45, 7) is 0.423. The van der Waals surface area contributed by atoms with E-state index in [1.807, 2.05) is 0 Å². The molecule has 7 heteroatoms. The summed E-state index contributed by atoms with van der Waals surface area (Å²) in [5.74, 6) is -2.29. The highest BCUT2D eigenvalue weighted by atomic mass is 19.4. The number of hydrogen-bond donors (Lipinski definition) is 2. The topological polar surface area (TPSA) is 58.6 Å². The quantitative estimate of drug-likeness (QED) is 0.787. The minimum atomic E-state index is -4.21. The van der Waals surface area contributed by atoms with Gasteiger partial charge in [-0.05, 0) is 25.7 Å². The molecule has 0 aromatic heterocycles. The standard InChI is InChI=1S/C13H22F3NO3/c1-20-8-11(18)5-6-17-12(19)9-3-2-4-10(7-9)13(14,15)16/h9-11,18H,2-8H2,1H3,(H,17,19). The molecule has 0 aromatic rings. The van der Waals surface area contributed by atoms with Crippen LogP contribution in [0.1, 0.15) is 32.1 Å². The molecule has 1 saturated carbocycles. The van der Waals surface area contributed by atoms with E-state index in [4.69, 9.17) is 4.74 Å². The highest BCUT2D eigenvalue weighted by Crippen LogP contribution is 2.39. The zero-order valence-corrected chi connectivity index (χ0v) is 11.6. The van der Waals surface area contributed by atoms with Crippen molar-refractivity contribution >= 4 is 5.91 Å². The third-order valence-corrected chi connectivity index (χ3v) is 3.64. The van der Waals surface area contributed by atoms with E-state index in [1.54, 1.807) is 0 Å². The lowest BCUT2D eigenvalue weighted by atomic mass is 9.80. The number of rotatable bonds is 6. The van der Waals surface area contributed by atoms with E-state index in [-0.39, 0.29) is 31.9 Å². The van der Waals surface area contributed by atoms with Crippen LogP contribution in [-0.2, 0) is 9.53 Å². The molecule has 3 atom stereocenters. The van der Waals surface area contributed by atoms with Crippen LogP contribution >= 0.6 is 0 Å². The Hall–Kier alpha value is -0.820. The molecule has 1 rings (SSSR count). The van der Waals surface area contributed by atoms with Crippen LogP contribution in [-0.4, -0.2) is 43.6 Å². The molecule has 0 saturated heterocycles.